The number of nitrogens with zero attached hydrogens (tertiary/aromatic N) is 5. The third-order valence-electron chi connectivity index (χ3n) is 5.04. The van der Waals surface area contributed by atoms with Crippen molar-refractivity contribution in [1.29, 1.82) is 0 Å². The van der Waals surface area contributed by atoms with Crippen molar-refractivity contribution < 1.29 is 4.74 Å². The molecule has 0 aliphatic heterocycles. The average molecular weight is 412 g/mol. The van der Waals surface area contributed by atoms with E-state index in [1.54, 1.807) is 14.2 Å². The van der Waals surface area contributed by atoms with Crippen LogP contribution in [0.25, 0.3) is 16.7 Å². The molecule has 0 fully saturated rings. The number of aromatic nitrogens is 4. The minimum absolute atomic E-state index is 0.0767. The first-order valence-corrected chi connectivity index (χ1v) is 9.61. The van der Waals surface area contributed by atoms with E-state index in [9.17, 15) is 4.79 Å². The lowest BCUT2D eigenvalue weighted by atomic mass is 10.1. The van der Waals surface area contributed by atoms with E-state index in [2.05, 4.69) is 15.1 Å². The summed E-state index contributed by atoms with van der Waals surface area (Å²) in [6.07, 6.45) is 0. The smallest absolute Gasteiger partial charge is 0.262 e. The first-order valence-electron chi connectivity index (χ1n) is 9.23. The molecule has 4 rings (SSSR count). The number of rotatable bonds is 5. The molecular formula is C21H22ClN5O2. The highest BCUT2D eigenvalue weighted by Gasteiger charge is 2.17. The van der Waals surface area contributed by atoms with E-state index in [1.165, 1.54) is 4.57 Å². The number of benzene rings is 2. The fraction of sp³-hybridized carbons (Fsp3) is 0.286. The van der Waals surface area contributed by atoms with Crippen LogP contribution in [0.3, 0.4) is 0 Å². The summed E-state index contributed by atoms with van der Waals surface area (Å²) < 4.78 is 8.93. The van der Waals surface area contributed by atoms with Crippen molar-refractivity contribution in [3.63, 3.8) is 0 Å². The summed E-state index contributed by atoms with van der Waals surface area (Å²) in [4.78, 5) is 14.8. The van der Waals surface area contributed by atoms with Crippen LogP contribution in [0.2, 0.25) is 5.02 Å². The van der Waals surface area contributed by atoms with Crippen molar-refractivity contribution in [1.82, 2.24) is 24.1 Å². The van der Waals surface area contributed by atoms with E-state index in [-0.39, 0.29) is 5.56 Å². The Morgan fingerprint density at radius 2 is 1.93 bits per heavy atom. The summed E-state index contributed by atoms with van der Waals surface area (Å²) in [6.45, 7) is 3.14. The number of aryl methyl sites for hydroxylation is 2. The number of hydrogen-bond donors (Lipinski definition) is 0. The van der Waals surface area contributed by atoms with Crippen molar-refractivity contribution >= 4 is 28.3 Å². The second kappa shape index (κ2) is 7.50. The Kier molecular flexibility index (Phi) is 5.02. The molecule has 0 saturated heterocycles. The summed E-state index contributed by atoms with van der Waals surface area (Å²) in [5.74, 6) is 2.07. The van der Waals surface area contributed by atoms with Gasteiger partial charge in [0, 0.05) is 24.2 Å². The highest BCUT2D eigenvalue weighted by Crippen LogP contribution is 2.24. The van der Waals surface area contributed by atoms with Gasteiger partial charge in [0.2, 0.25) is 5.78 Å². The van der Waals surface area contributed by atoms with Gasteiger partial charge in [-0.25, -0.2) is 0 Å². The molecule has 2 aromatic carbocycles. The van der Waals surface area contributed by atoms with Gasteiger partial charge in [0.25, 0.3) is 5.56 Å². The molecule has 2 aromatic heterocycles. The summed E-state index contributed by atoms with van der Waals surface area (Å²) in [7, 11) is 5.36. The first kappa shape index (κ1) is 19.4. The van der Waals surface area contributed by atoms with Crippen LogP contribution in [-0.4, -0.2) is 38.2 Å². The van der Waals surface area contributed by atoms with Crippen molar-refractivity contribution in [2.24, 2.45) is 7.05 Å². The van der Waals surface area contributed by atoms with Gasteiger partial charge in [0.1, 0.15) is 5.75 Å². The van der Waals surface area contributed by atoms with Crippen LogP contribution in [0.1, 0.15) is 17.0 Å². The van der Waals surface area contributed by atoms with Crippen LogP contribution >= 0.6 is 11.6 Å². The van der Waals surface area contributed by atoms with Gasteiger partial charge in [0.05, 0.1) is 24.6 Å². The lowest BCUT2D eigenvalue weighted by Gasteiger charge is -2.18. The van der Waals surface area contributed by atoms with Crippen molar-refractivity contribution in [3.8, 4) is 5.75 Å². The Hall–Kier alpha value is -2.90. The zero-order valence-electron chi connectivity index (χ0n) is 16.8. The third-order valence-corrected chi connectivity index (χ3v) is 5.27. The quantitative estimate of drug-likeness (QED) is 0.504. The maximum absolute atomic E-state index is 12.7. The summed E-state index contributed by atoms with van der Waals surface area (Å²) in [6, 6.07) is 11.4. The molecule has 7 nitrogen and oxygen atoms in total. The van der Waals surface area contributed by atoms with Crippen LogP contribution in [0.15, 0.2) is 41.2 Å². The zero-order chi connectivity index (χ0) is 20.7. The molecule has 2 heterocycles. The minimum atomic E-state index is -0.0767. The van der Waals surface area contributed by atoms with E-state index in [4.69, 9.17) is 16.3 Å². The Bertz CT molecular complexity index is 1280. The summed E-state index contributed by atoms with van der Waals surface area (Å²) >= 11 is 6.16. The van der Waals surface area contributed by atoms with E-state index >= 15 is 0 Å². The first-order chi connectivity index (χ1) is 13.9. The lowest BCUT2D eigenvalue weighted by Crippen LogP contribution is -2.22. The summed E-state index contributed by atoms with van der Waals surface area (Å²) in [5, 5.41) is 9.95. The van der Waals surface area contributed by atoms with Crippen LogP contribution in [0.4, 0.5) is 0 Å². The maximum Gasteiger partial charge on any atom is 0.262 e. The molecule has 8 heteroatoms. The van der Waals surface area contributed by atoms with E-state index in [0.717, 1.165) is 28.2 Å². The van der Waals surface area contributed by atoms with Gasteiger partial charge in [-0.3, -0.25) is 18.7 Å². The highest BCUT2D eigenvalue weighted by atomic mass is 35.5. The molecule has 0 radical (unpaired) electrons. The van der Waals surface area contributed by atoms with Gasteiger partial charge in [-0.2, -0.15) is 0 Å². The van der Waals surface area contributed by atoms with Crippen LogP contribution in [0, 0.1) is 6.92 Å². The molecule has 0 spiro atoms. The summed E-state index contributed by atoms with van der Waals surface area (Å²) in [5.41, 5.74) is 2.76. The Balaban J connectivity index is 1.75. The normalized spacial score (nSPS) is 11.7. The van der Waals surface area contributed by atoms with Crippen molar-refractivity contribution in [2.45, 2.75) is 20.0 Å². The van der Waals surface area contributed by atoms with Gasteiger partial charge in [0.15, 0.2) is 5.82 Å². The Morgan fingerprint density at radius 3 is 2.69 bits per heavy atom. The molecule has 0 bridgehead atoms. The molecule has 150 valence electrons. The molecule has 0 saturated carbocycles. The van der Waals surface area contributed by atoms with Gasteiger partial charge in [-0.05, 0) is 44.3 Å². The van der Waals surface area contributed by atoms with Gasteiger partial charge >= 0.3 is 0 Å². The Labute approximate surface area is 173 Å². The molecule has 4 aromatic rings. The standard InChI is InChI=1S/C21H22ClN5O2/c1-13-5-7-17-16(9-13)20(28)26(3)21-24-23-19(27(17)21)12-25(2)11-14-10-15(22)6-8-18(14)29-4/h5-10H,11-12H2,1-4H3. The van der Waals surface area contributed by atoms with Crippen LogP contribution in [0.5, 0.6) is 5.75 Å². The lowest BCUT2D eigenvalue weighted by molar-refractivity contribution is 0.302. The van der Waals surface area contributed by atoms with Gasteiger partial charge < -0.3 is 4.74 Å². The largest absolute Gasteiger partial charge is 0.496 e. The molecule has 0 atom stereocenters. The molecule has 0 aliphatic rings. The molecule has 0 N–H and O–H groups in total. The second-order valence-corrected chi connectivity index (χ2v) is 7.70. The van der Waals surface area contributed by atoms with E-state index in [0.29, 0.717) is 29.3 Å². The zero-order valence-corrected chi connectivity index (χ0v) is 17.6. The number of halogens is 1. The van der Waals surface area contributed by atoms with Crippen LogP contribution < -0.4 is 10.3 Å². The Morgan fingerprint density at radius 1 is 1.14 bits per heavy atom. The number of methoxy groups -OCH3 is 1. The SMILES string of the molecule is COc1ccc(Cl)cc1CN(C)Cc1nnc2n(C)c(=O)c3cc(C)ccc3n12. The van der Waals surface area contributed by atoms with Crippen molar-refractivity contribution in [2.75, 3.05) is 14.2 Å². The fourth-order valence-electron chi connectivity index (χ4n) is 3.62. The highest BCUT2D eigenvalue weighted by molar-refractivity contribution is 6.30. The monoisotopic (exact) mass is 411 g/mol. The van der Waals surface area contributed by atoms with Crippen LogP contribution in [-0.2, 0) is 20.1 Å². The predicted octanol–water partition coefficient (Wildman–Crippen LogP) is 3.18. The van der Waals surface area contributed by atoms with E-state index < -0.39 is 0 Å². The molecular weight excluding hydrogens is 390 g/mol. The van der Waals surface area contributed by atoms with Gasteiger partial charge in [-0.15, -0.1) is 10.2 Å². The number of hydrogen-bond acceptors (Lipinski definition) is 5. The topological polar surface area (TPSA) is 64.7 Å². The average Bonchev–Trinajstić information content (AvgIpc) is 3.10. The molecule has 29 heavy (non-hydrogen) atoms. The number of ether oxygens (including phenoxy) is 1. The molecule has 0 aliphatic carbocycles. The van der Waals surface area contributed by atoms with E-state index in [1.807, 2.05) is 54.8 Å². The molecule has 0 amide bonds. The predicted molar refractivity (Wildman–Crippen MR) is 114 cm³/mol. The maximum atomic E-state index is 12.7. The fourth-order valence-corrected chi connectivity index (χ4v) is 3.81. The molecule has 0 unspecified atom stereocenters. The van der Waals surface area contributed by atoms with Crippen molar-refractivity contribution in [3.05, 3.63) is 68.7 Å². The number of fused-ring (bicyclic) bond motifs is 3. The third kappa shape index (κ3) is 3.47. The second-order valence-electron chi connectivity index (χ2n) is 7.26. The van der Waals surface area contributed by atoms with Gasteiger partial charge in [-0.1, -0.05) is 23.2 Å². The minimum Gasteiger partial charge on any atom is -0.496 e.